The minimum atomic E-state index is -0.838. The number of nitrogens with one attached hydrogen (secondary N) is 2. The standard InChI is InChI=1S/C12H11FN4O3/c1-7(11-14-2-3-15-11)16-12(18)8-4-9(13)6-10(5-8)17(19)20/h2-7H,1H3,(H,14,15)(H,16,18). The molecular formula is C12H11FN4O3. The van der Waals surface area contributed by atoms with E-state index in [9.17, 15) is 19.3 Å². The van der Waals surface area contributed by atoms with Gasteiger partial charge in [-0.25, -0.2) is 9.37 Å². The van der Waals surface area contributed by atoms with E-state index in [0.717, 1.165) is 18.2 Å². The van der Waals surface area contributed by atoms with Crippen LogP contribution in [0.2, 0.25) is 0 Å². The summed E-state index contributed by atoms with van der Waals surface area (Å²) in [4.78, 5) is 28.6. The SMILES string of the molecule is CC(NC(=O)c1cc(F)cc([N+](=O)[O-])c1)c1ncc[nH]1. The Kier molecular flexibility index (Phi) is 3.74. The maximum atomic E-state index is 13.3. The third-order valence-corrected chi connectivity index (χ3v) is 2.63. The molecule has 2 rings (SSSR count). The number of nitrogens with zero attached hydrogens (tertiary/aromatic N) is 2. The summed E-state index contributed by atoms with van der Waals surface area (Å²) in [5, 5.41) is 13.2. The lowest BCUT2D eigenvalue weighted by atomic mass is 10.1. The molecule has 0 aliphatic heterocycles. The van der Waals surface area contributed by atoms with Crippen molar-refractivity contribution in [2.45, 2.75) is 13.0 Å². The molecule has 0 aliphatic carbocycles. The maximum absolute atomic E-state index is 13.3. The summed E-state index contributed by atoms with van der Waals surface area (Å²) < 4.78 is 13.3. The van der Waals surface area contributed by atoms with Gasteiger partial charge in [-0.15, -0.1) is 0 Å². The first kappa shape index (κ1) is 13.7. The van der Waals surface area contributed by atoms with Gasteiger partial charge in [0, 0.05) is 24.0 Å². The number of imidazole rings is 1. The number of carbonyl (C=O) groups is 1. The van der Waals surface area contributed by atoms with Crippen LogP contribution in [0.3, 0.4) is 0 Å². The first-order valence-corrected chi connectivity index (χ1v) is 5.72. The summed E-state index contributed by atoms with van der Waals surface area (Å²) in [6.07, 6.45) is 3.13. The van der Waals surface area contributed by atoms with Crippen LogP contribution in [0, 0.1) is 15.9 Å². The monoisotopic (exact) mass is 278 g/mol. The molecular weight excluding hydrogens is 267 g/mol. The van der Waals surface area contributed by atoms with Crippen LogP contribution in [-0.2, 0) is 0 Å². The quantitative estimate of drug-likeness (QED) is 0.659. The first-order chi connectivity index (χ1) is 9.47. The molecule has 0 fully saturated rings. The van der Waals surface area contributed by atoms with Gasteiger partial charge in [-0.2, -0.15) is 0 Å². The van der Waals surface area contributed by atoms with Crippen molar-refractivity contribution < 1.29 is 14.1 Å². The van der Waals surface area contributed by atoms with Crippen LogP contribution in [0.1, 0.15) is 29.1 Å². The number of hydrogen-bond donors (Lipinski definition) is 2. The molecule has 104 valence electrons. The van der Waals surface area contributed by atoms with Gasteiger partial charge in [0.2, 0.25) is 0 Å². The highest BCUT2D eigenvalue weighted by Gasteiger charge is 2.17. The second-order valence-electron chi connectivity index (χ2n) is 4.12. The average Bonchev–Trinajstić information content (AvgIpc) is 2.91. The summed E-state index contributed by atoms with van der Waals surface area (Å²) in [7, 11) is 0. The highest BCUT2D eigenvalue weighted by atomic mass is 19.1. The number of H-pyrrole nitrogens is 1. The van der Waals surface area contributed by atoms with E-state index in [4.69, 9.17) is 0 Å². The summed E-state index contributed by atoms with van der Waals surface area (Å²) in [5.74, 6) is -0.921. The van der Waals surface area contributed by atoms with Crippen LogP contribution in [-0.4, -0.2) is 20.8 Å². The van der Waals surface area contributed by atoms with E-state index in [0.29, 0.717) is 5.82 Å². The van der Waals surface area contributed by atoms with Crippen molar-refractivity contribution in [1.29, 1.82) is 0 Å². The summed E-state index contributed by atoms with van der Waals surface area (Å²) >= 11 is 0. The third-order valence-electron chi connectivity index (χ3n) is 2.63. The molecule has 2 aromatic rings. The lowest BCUT2D eigenvalue weighted by Crippen LogP contribution is -2.27. The average molecular weight is 278 g/mol. The summed E-state index contributed by atoms with van der Waals surface area (Å²) in [5.41, 5.74) is -0.587. The number of nitro groups is 1. The van der Waals surface area contributed by atoms with E-state index in [1.807, 2.05) is 0 Å². The number of aromatic nitrogens is 2. The molecule has 0 aliphatic rings. The Labute approximate surface area is 113 Å². The number of amides is 1. The van der Waals surface area contributed by atoms with Crippen LogP contribution in [0.5, 0.6) is 0 Å². The number of carbonyl (C=O) groups excluding carboxylic acids is 1. The van der Waals surface area contributed by atoms with Crippen LogP contribution >= 0.6 is 0 Å². The summed E-state index contributed by atoms with van der Waals surface area (Å²) in [6, 6.07) is 2.29. The van der Waals surface area contributed by atoms with E-state index in [2.05, 4.69) is 15.3 Å². The Morgan fingerprint density at radius 2 is 2.25 bits per heavy atom. The molecule has 1 aromatic heterocycles. The van der Waals surface area contributed by atoms with Crippen LogP contribution in [0.25, 0.3) is 0 Å². The van der Waals surface area contributed by atoms with E-state index in [1.165, 1.54) is 6.20 Å². The summed E-state index contributed by atoms with van der Waals surface area (Å²) in [6.45, 7) is 1.68. The molecule has 20 heavy (non-hydrogen) atoms. The maximum Gasteiger partial charge on any atom is 0.273 e. The molecule has 0 bridgehead atoms. The van der Waals surface area contributed by atoms with Crippen molar-refractivity contribution >= 4 is 11.6 Å². The zero-order valence-electron chi connectivity index (χ0n) is 10.5. The molecule has 7 nitrogen and oxygen atoms in total. The van der Waals surface area contributed by atoms with Crippen LogP contribution in [0.15, 0.2) is 30.6 Å². The Hall–Kier alpha value is -2.77. The highest BCUT2D eigenvalue weighted by molar-refractivity contribution is 5.95. The molecule has 0 saturated heterocycles. The van der Waals surface area contributed by atoms with Gasteiger partial charge in [-0.3, -0.25) is 14.9 Å². The van der Waals surface area contributed by atoms with Crippen molar-refractivity contribution in [2.24, 2.45) is 0 Å². The van der Waals surface area contributed by atoms with Crippen molar-refractivity contribution in [3.63, 3.8) is 0 Å². The number of aromatic amines is 1. The van der Waals surface area contributed by atoms with Gasteiger partial charge < -0.3 is 10.3 Å². The smallest absolute Gasteiger partial charge is 0.273 e. The number of nitro benzene ring substituents is 1. The normalized spacial score (nSPS) is 11.9. The van der Waals surface area contributed by atoms with E-state index in [-0.39, 0.29) is 5.56 Å². The molecule has 0 radical (unpaired) electrons. The fourth-order valence-corrected chi connectivity index (χ4v) is 1.67. The molecule has 1 heterocycles. The predicted octanol–water partition coefficient (Wildman–Crippen LogP) is 1.95. The Morgan fingerprint density at radius 3 is 2.85 bits per heavy atom. The van der Waals surface area contributed by atoms with Crippen molar-refractivity contribution in [2.75, 3.05) is 0 Å². The van der Waals surface area contributed by atoms with Crippen molar-refractivity contribution in [3.05, 3.63) is 57.9 Å². The Balaban J connectivity index is 2.19. The molecule has 1 aromatic carbocycles. The van der Waals surface area contributed by atoms with Gasteiger partial charge in [-0.1, -0.05) is 0 Å². The minimum absolute atomic E-state index is 0.116. The predicted molar refractivity (Wildman–Crippen MR) is 67.5 cm³/mol. The fraction of sp³-hybridized carbons (Fsp3) is 0.167. The van der Waals surface area contributed by atoms with E-state index >= 15 is 0 Å². The minimum Gasteiger partial charge on any atom is -0.347 e. The number of hydrogen-bond acceptors (Lipinski definition) is 4. The lowest BCUT2D eigenvalue weighted by molar-refractivity contribution is -0.385. The van der Waals surface area contributed by atoms with Gasteiger partial charge >= 0.3 is 0 Å². The molecule has 1 atom stereocenters. The second-order valence-corrected chi connectivity index (χ2v) is 4.12. The number of non-ortho nitro benzene ring substituents is 1. The van der Waals surface area contributed by atoms with Gasteiger partial charge in [0.1, 0.15) is 11.6 Å². The van der Waals surface area contributed by atoms with E-state index in [1.54, 1.807) is 13.1 Å². The number of benzene rings is 1. The highest BCUT2D eigenvalue weighted by Crippen LogP contribution is 2.17. The fourth-order valence-electron chi connectivity index (χ4n) is 1.67. The molecule has 2 N–H and O–H groups in total. The molecule has 8 heteroatoms. The Morgan fingerprint density at radius 1 is 1.50 bits per heavy atom. The Bertz CT molecular complexity index is 642. The first-order valence-electron chi connectivity index (χ1n) is 5.72. The van der Waals surface area contributed by atoms with Crippen LogP contribution < -0.4 is 5.32 Å². The van der Waals surface area contributed by atoms with Crippen molar-refractivity contribution in [3.8, 4) is 0 Å². The topological polar surface area (TPSA) is 101 Å². The zero-order chi connectivity index (χ0) is 14.7. The van der Waals surface area contributed by atoms with Gasteiger partial charge in [-0.05, 0) is 13.0 Å². The van der Waals surface area contributed by atoms with Gasteiger partial charge in [0.05, 0.1) is 17.0 Å². The second kappa shape index (κ2) is 5.47. The zero-order valence-corrected chi connectivity index (χ0v) is 10.5. The van der Waals surface area contributed by atoms with Gasteiger partial charge in [0.15, 0.2) is 0 Å². The van der Waals surface area contributed by atoms with Gasteiger partial charge in [0.25, 0.3) is 11.6 Å². The van der Waals surface area contributed by atoms with E-state index < -0.39 is 28.4 Å². The molecule has 1 amide bonds. The van der Waals surface area contributed by atoms with Crippen molar-refractivity contribution in [1.82, 2.24) is 15.3 Å². The van der Waals surface area contributed by atoms with Crippen LogP contribution in [0.4, 0.5) is 10.1 Å². The molecule has 0 spiro atoms. The third kappa shape index (κ3) is 2.97. The largest absolute Gasteiger partial charge is 0.347 e. The lowest BCUT2D eigenvalue weighted by Gasteiger charge is -2.11. The molecule has 1 unspecified atom stereocenters. The number of rotatable bonds is 4. The number of halogens is 1. The molecule has 0 saturated carbocycles.